The molecule has 4 heterocycles. The molecule has 0 aliphatic carbocycles. The molecular weight excluding hydrogens is 332 g/mol. The SMILES string of the molecule is CC(O)C(=O)N1C2CCC1CC(C(=O)NCc1cccc3ccnn13)C2. The zero-order chi connectivity index (χ0) is 18.3. The van der Waals surface area contributed by atoms with Crippen molar-refractivity contribution < 1.29 is 14.7 Å². The van der Waals surface area contributed by atoms with E-state index in [2.05, 4.69) is 10.4 Å². The van der Waals surface area contributed by atoms with E-state index >= 15 is 0 Å². The lowest BCUT2D eigenvalue weighted by molar-refractivity contribution is -0.146. The fraction of sp³-hybridized carbons (Fsp3) is 0.526. The molecular formula is C19H24N4O3. The summed E-state index contributed by atoms with van der Waals surface area (Å²) in [4.78, 5) is 26.7. The summed E-state index contributed by atoms with van der Waals surface area (Å²) in [6.07, 6.45) is 3.95. The fourth-order valence-corrected chi connectivity index (χ4v) is 4.43. The molecule has 4 rings (SSSR count). The van der Waals surface area contributed by atoms with Crippen LogP contribution in [-0.4, -0.2) is 49.6 Å². The molecule has 2 amide bonds. The van der Waals surface area contributed by atoms with Gasteiger partial charge in [0.25, 0.3) is 5.91 Å². The van der Waals surface area contributed by atoms with Gasteiger partial charge in [-0.1, -0.05) is 6.07 Å². The van der Waals surface area contributed by atoms with Crippen LogP contribution in [0.3, 0.4) is 0 Å². The Bertz CT molecular complexity index is 817. The third-order valence-electron chi connectivity index (χ3n) is 5.66. The first kappa shape index (κ1) is 17.0. The number of rotatable bonds is 4. The normalized spacial score (nSPS) is 26.1. The Labute approximate surface area is 152 Å². The van der Waals surface area contributed by atoms with Crippen LogP contribution in [0.25, 0.3) is 5.52 Å². The number of amides is 2. The molecule has 0 radical (unpaired) electrons. The first-order valence-corrected chi connectivity index (χ1v) is 9.24. The van der Waals surface area contributed by atoms with Crippen LogP contribution in [0, 0.1) is 5.92 Å². The number of aliphatic hydroxyl groups is 1. The third kappa shape index (κ3) is 2.96. The number of pyridine rings is 1. The highest BCUT2D eigenvalue weighted by atomic mass is 16.3. The van der Waals surface area contributed by atoms with Crippen LogP contribution < -0.4 is 5.32 Å². The van der Waals surface area contributed by atoms with Gasteiger partial charge in [-0.3, -0.25) is 9.59 Å². The molecule has 0 aromatic carbocycles. The maximum atomic E-state index is 12.7. The molecule has 0 spiro atoms. The average Bonchev–Trinajstić information content (AvgIpc) is 3.21. The summed E-state index contributed by atoms with van der Waals surface area (Å²) in [5.74, 6) is -0.251. The summed E-state index contributed by atoms with van der Waals surface area (Å²) in [6, 6.07) is 7.96. The minimum absolute atomic E-state index is 0.0372. The van der Waals surface area contributed by atoms with Crippen molar-refractivity contribution in [3.05, 3.63) is 36.2 Å². The van der Waals surface area contributed by atoms with Crippen molar-refractivity contribution in [1.82, 2.24) is 19.8 Å². The number of hydrogen-bond donors (Lipinski definition) is 2. The second kappa shape index (κ2) is 6.72. The Morgan fingerprint density at radius 1 is 1.27 bits per heavy atom. The molecule has 0 saturated carbocycles. The molecule has 2 aliphatic rings. The van der Waals surface area contributed by atoms with E-state index < -0.39 is 6.10 Å². The van der Waals surface area contributed by atoms with E-state index in [0.717, 1.165) is 24.1 Å². The fourth-order valence-electron chi connectivity index (χ4n) is 4.43. The predicted molar refractivity (Wildman–Crippen MR) is 95.1 cm³/mol. The van der Waals surface area contributed by atoms with Gasteiger partial charge in [0.15, 0.2) is 0 Å². The smallest absolute Gasteiger partial charge is 0.251 e. The molecule has 7 heteroatoms. The highest BCUT2D eigenvalue weighted by molar-refractivity contribution is 5.83. The van der Waals surface area contributed by atoms with Gasteiger partial charge in [-0.2, -0.15) is 5.10 Å². The standard InChI is InChI=1S/C19H24N4O3/c1-12(24)19(26)22-15-5-6-16(22)10-13(9-15)18(25)20-11-17-4-2-3-14-7-8-21-23(14)17/h2-4,7-8,12-13,15-16,24H,5-6,9-11H2,1H3,(H,20,25). The Kier molecular flexibility index (Phi) is 4.40. The van der Waals surface area contributed by atoms with Crippen LogP contribution in [-0.2, 0) is 16.1 Å². The topological polar surface area (TPSA) is 86.9 Å². The lowest BCUT2D eigenvalue weighted by Crippen LogP contribution is -2.52. The van der Waals surface area contributed by atoms with E-state index in [-0.39, 0.29) is 29.8 Å². The summed E-state index contributed by atoms with van der Waals surface area (Å²) in [6.45, 7) is 1.94. The number of nitrogens with zero attached hydrogens (tertiary/aromatic N) is 3. The Morgan fingerprint density at radius 2 is 2.00 bits per heavy atom. The van der Waals surface area contributed by atoms with Gasteiger partial charge >= 0.3 is 0 Å². The largest absolute Gasteiger partial charge is 0.384 e. The number of aliphatic hydroxyl groups excluding tert-OH is 1. The van der Waals surface area contributed by atoms with Crippen LogP contribution in [0.1, 0.15) is 38.3 Å². The first-order chi connectivity index (χ1) is 12.5. The summed E-state index contributed by atoms with van der Waals surface area (Å²) in [5.41, 5.74) is 1.94. The quantitative estimate of drug-likeness (QED) is 0.859. The number of carbonyl (C=O) groups is 2. The molecule has 3 unspecified atom stereocenters. The highest BCUT2D eigenvalue weighted by Crippen LogP contribution is 2.39. The maximum Gasteiger partial charge on any atom is 0.251 e. The summed E-state index contributed by atoms with van der Waals surface area (Å²) < 4.78 is 1.83. The second-order valence-corrected chi connectivity index (χ2v) is 7.38. The van der Waals surface area contributed by atoms with E-state index in [1.165, 1.54) is 6.92 Å². The second-order valence-electron chi connectivity index (χ2n) is 7.38. The van der Waals surface area contributed by atoms with Gasteiger partial charge in [0, 0.05) is 24.2 Å². The Morgan fingerprint density at radius 3 is 2.69 bits per heavy atom. The zero-order valence-electron chi connectivity index (χ0n) is 14.8. The van der Waals surface area contributed by atoms with E-state index in [4.69, 9.17) is 0 Å². The van der Waals surface area contributed by atoms with E-state index in [9.17, 15) is 14.7 Å². The lowest BCUT2D eigenvalue weighted by Gasteiger charge is -2.39. The van der Waals surface area contributed by atoms with Crippen molar-refractivity contribution in [3.8, 4) is 0 Å². The average molecular weight is 356 g/mol. The van der Waals surface area contributed by atoms with Gasteiger partial charge in [-0.25, -0.2) is 4.52 Å². The van der Waals surface area contributed by atoms with Crippen molar-refractivity contribution in [2.45, 2.75) is 57.3 Å². The van der Waals surface area contributed by atoms with Gasteiger partial charge in [0.2, 0.25) is 5.91 Å². The monoisotopic (exact) mass is 356 g/mol. The number of carbonyl (C=O) groups excluding carboxylic acids is 2. The van der Waals surface area contributed by atoms with Crippen molar-refractivity contribution in [3.63, 3.8) is 0 Å². The molecule has 2 aromatic heterocycles. The molecule has 26 heavy (non-hydrogen) atoms. The molecule has 138 valence electrons. The lowest BCUT2D eigenvalue weighted by atomic mass is 9.89. The molecule has 2 aliphatic heterocycles. The predicted octanol–water partition coefficient (Wildman–Crippen LogP) is 1.10. The molecule has 2 bridgehead atoms. The third-order valence-corrected chi connectivity index (χ3v) is 5.66. The van der Waals surface area contributed by atoms with Crippen LogP contribution in [0.4, 0.5) is 0 Å². The Balaban J connectivity index is 1.39. The van der Waals surface area contributed by atoms with Crippen molar-refractivity contribution in [2.75, 3.05) is 0 Å². The number of hydrogen-bond acceptors (Lipinski definition) is 4. The van der Waals surface area contributed by atoms with Crippen molar-refractivity contribution in [2.24, 2.45) is 5.92 Å². The minimum Gasteiger partial charge on any atom is -0.384 e. The highest BCUT2D eigenvalue weighted by Gasteiger charge is 2.45. The van der Waals surface area contributed by atoms with Gasteiger partial charge in [0.05, 0.1) is 17.8 Å². The molecule has 3 atom stereocenters. The van der Waals surface area contributed by atoms with Gasteiger partial charge < -0.3 is 15.3 Å². The van der Waals surface area contributed by atoms with E-state index in [1.807, 2.05) is 33.7 Å². The number of piperidine rings is 1. The summed E-state index contributed by atoms with van der Waals surface area (Å²) in [5, 5.41) is 16.9. The van der Waals surface area contributed by atoms with Crippen molar-refractivity contribution >= 4 is 17.3 Å². The summed E-state index contributed by atoms with van der Waals surface area (Å²) >= 11 is 0. The number of aromatic nitrogens is 2. The van der Waals surface area contributed by atoms with Crippen LogP contribution in [0.5, 0.6) is 0 Å². The molecule has 2 saturated heterocycles. The van der Waals surface area contributed by atoms with Gasteiger partial charge in [-0.05, 0) is 50.8 Å². The Hall–Kier alpha value is -2.41. The minimum atomic E-state index is -0.974. The molecule has 2 aromatic rings. The van der Waals surface area contributed by atoms with Crippen LogP contribution >= 0.6 is 0 Å². The molecule has 2 N–H and O–H groups in total. The van der Waals surface area contributed by atoms with Crippen molar-refractivity contribution in [1.29, 1.82) is 0 Å². The van der Waals surface area contributed by atoms with Gasteiger partial charge in [-0.15, -0.1) is 0 Å². The van der Waals surface area contributed by atoms with Crippen LogP contribution in [0.15, 0.2) is 30.5 Å². The maximum absolute atomic E-state index is 12.7. The van der Waals surface area contributed by atoms with Crippen LogP contribution in [0.2, 0.25) is 0 Å². The number of fused-ring (bicyclic) bond motifs is 3. The van der Waals surface area contributed by atoms with E-state index in [0.29, 0.717) is 19.4 Å². The first-order valence-electron chi connectivity index (χ1n) is 9.24. The number of nitrogens with one attached hydrogen (secondary N) is 1. The molecule has 7 nitrogen and oxygen atoms in total. The summed E-state index contributed by atoms with van der Waals surface area (Å²) in [7, 11) is 0. The zero-order valence-corrected chi connectivity index (χ0v) is 14.8. The molecule has 2 fully saturated rings. The van der Waals surface area contributed by atoms with E-state index in [1.54, 1.807) is 6.20 Å². The van der Waals surface area contributed by atoms with Gasteiger partial charge in [0.1, 0.15) is 6.10 Å².